The van der Waals surface area contributed by atoms with Crippen molar-refractivity contribution in [2.75, 3.05) is 25.4 Å². The Hall–Kier alpha value is -2.06. The number of nitrogens with zero attached hydrogens (tertiary/aromatic N) is 3. The van der Waals surface area contributed by atoms with Crippen LogP contribution in [0.3, 0.4) is 0 Å². The third-order valence-corrected chi connectivity index (χ3v) is 7.37. The van der Waals surface area contributed by atoms with E-state index in [1.807, 2.05) is 36.0 Å². The van der Waals surface area contributed by atoms with Crippen molar-refractivity contribution in [3.05, 3.63) is 70.0 Å². The van der Waals surface area contributed by atoms with Gasteiger partial charge in [0.1, 0.15) is 0 Å². The fourth-order valence-electron chi connectivity index (χ4n) is 3.94. The van der Waals surface area contributed by atoms with Crippen molar-refractivity contribution in [2.24, 2.45) is 5.92 Å². The van der Waals surface area contributed by atoms with Crippen molar-refractivity contribution >= 4 is 40.9 Å². The van der Waals surface area contributed by atoms with Crippen molar-refractivity contribution in [3.8, 4) is 11.4 Å². The summed E-state index contributed by atoms with van der Waals surface area (Å²) in [6, 6.07) is 15.3. The van der Waals surface area contributed by atoms with Crippen LogP contribution in [0.1, 0.15) is 30.7 Å². The van der Waals surface area contributed by atoms with E-state index in [4.69, 9.17) is 27.7 Å². The standard InChI is InChI=1S/C25H28Cl2N4O2S/c26-21-8-4-18(5-9-21)17-34-14-2-12-28-25(32)20-3-1-13-31(15-20)16-23-29-24(30-33-23)19-6-10-22(27)11-7-19/h4-11,20H,1-3,12-17H2,(H,28,32). The molecule has 6 nitrogen and oxygen atoms in total. The van der Waals surface area contributed by atoms with Gasteiger partial charge in [0, 0.05) is 34.5 Å². The van der Waals surface area contributed by atoms with Gasteiger partial charge in [0.2, 0.25) is 17.6 Å². The molecule has 1 saturated heterocycles. The average Bonchev–Trinajstić information content (AvgIpc) is 3.31. The predicted octanol–water partition coefficient (Wildman–Crippen LogP) is 5.70. The lowest BCUT2D eigenvalue weighted by Crippen LogP contribution is -2.43. The van der Waals surface area contributed by atoms with Crippen LogP contribution < -0.4 is 5.32 Å². The first kappa shape index (κ1) is 25.0. The summed E-state index contributed by atoms with van der Waals surface area (Å²) in [6.45, 7) is 2.88. The number of halogens is 2. The van der Waals surface area contributed by atoms with E-state index in [1.165, 1.54) is 5.56 Å². The third-order valence-electron chi connectivity index (χ3n) is 5.75. The molecule has 1 amide bonds. The van der Waals surface area contributed by atoms with Crippen molar-refractivity contribution in [1.82, 2.24) is 20.4 Å². The number of carbonyl (C=O) groups excluding carboxylic acids is 1. The molecule has 1 aliphatic rings. The first-order chi connectivity index (χ1) is 16.6. The zero-order chi connectivity index (χ0) is 23.8. The lowest BCUT2D eigenvalue weighted by Gasteiger charge is -2.30. The minimum absolute atomic E-state index is 0.00544. The molecule has 0 spiro atoms. The molecule has 2 aromatic carbocycles. The number of piperidine rings is 1. The molecule has 1 unspecified atom stereocenters. The number of aromatic nitrogens is 2. The summed E-state index contributed by atoms with van der Waals surface area (Å²) in [6.07, 6.45) is 2.84. The number of nitrogens with one attached hydrogen (secondary N) is 1. The van der Waals surface area contributed by atoms with Crippen molar-refractivity contribution in [3.63, 3.8) is 0 Å². The number of hydrogen-bond acceptors (Lipinski definition) is 6. The largest absolute Gasteiger partial charge is 0.356 e. The molecule has 1 N–H and O–H groups in total. The van der Waals surface area contributed by atoms with Crippen LogP contribution in [0.15, 0.2) is 53.1 Å². The Morgan fingerprint density at radius 2 is 1.85 bits per heavy atom. The lowest BCUT2D eigenvalue weighted by atomic mass is 9.97. The van der Waals surface area contributed by atoms with E-state index in [1.54, 1.807) is 12.1 Å². The van der Waals surface area contributed by atoms with Crippen molar-refractivity contribution in [2.45, 2.75) is 31.6 Å². The molecule has 0 saturated carbocycles. The van der Waals surface area contributed by atoms with Gasteiger partial charge in [-0.15, -0.1) is 0 Å². The van der Waals surface area contributed by atoms with Gasteiger partial charge in [0.25, 0.3) is 0 Å². The molecule has 0 radical (unpaired) electrons. The van der Waals surface area contributed by atoms with Crippen LogP contribution in [0.4, 0.5) is 0 Å². The monoisotopic (exact) mass is 518 g/mol. The minimum atomic E-state index is -0.00544. The Balaban J connectivity index is 1.16. The van der Waals surface area contributed by atoms with Crippen LogP contribution in [-0.4, -0.2) is 46.3 Å². The normalized spacial score (nSPS) is 16.5. The summed E-state index contributed by atoms with van der Waals surface area (Å²) in [5.74, 6) is 3.20. The van der Waals surface area contributed by atoms with E-state index in [9.17, 15) is 4.79 Å². The predicted molar refractivity (Wildman–Crippen MR) is 138 cm³/mol. The lowest BCUT2D eigenvalue weighted by molar-refractivity contribution is -0.126. The number of thioether (sulfide) groups is 1. The molecule has 1 aromatic heterocycles. The van der Waals surface area contributed by atoms with Crippen LogP contribution in [0, 0.1) is 5.92 Å². The van der Waals surface area contributed by atoms with Gasteiger partial charge in [0.05, 0.1) is 12.5 Å². The Labute approximate surface area is 214 Å². The maximum atomic E-state index is 12.7. The summed E-state index contributed by atoms with van der Waals surface area (Å²) in [7, 11) is 0. The zero-order valence-corrected chi connectivity index (χ0v) is 21.2. The van der Waals surface area contributed by atoms with Gasteiger partial charge in [0.15, 0.2) is 0 Å². The number of likely N-dealkylation sites (tertiary alicyclic amines) is 1. The number of carbonyl (C=O) groups is 1. The SMILES string of the molecule is O=C(NCCCSCc1ccc(Cl)cc1)C1CCCN(Cc2nc(-c3ccc(Cl)cc3)no2)C1. The first-order valence-corrected chi connectivity index (χ1v) is 13.4. The van der Waals surface area contributed by atoms with E-state index in [0.29, 0.717) is 36.4 Å². The number of amides is 1. The van der Waals surface area contributed by atoms with Gasteiger partial charge < -0.3 is 9.84 Å². The zero-order valence-electron chi connectivity index (χ0n) is 18.9. The molecule has 3 aromatic rings. The van der Waals surface area contributed by atoms with Gasteiger partial charge >= 0.3 is 0 Å². The summed E-state index contributed by atoms with van der Waals surface area (Å²) in [5, 5.41) is 8.63. The summed E-state index contributed by atoms with van der Waals surface area (Å²) >= 11 is 13.7. The summed E-state index contributed by atoms with van der Waals surface area (Å²) in [4.78, 5) is 19.4. The second-order valence-corrected chi connectivity index (χ2v) is 10.4. The van der Waals surface area contributed by atoms with Gasteiger partial charge in [-0.1, -0.05) is 40.5 Å². The van der Waals surface area contributed by atoms with Crippen LogP contribution in [0.2, 0.25) is 10.0 Å². The number of benzene rings is 2. The van der Waals surface area contributed by atoms with E-state index in [-0.39, 0.29) is 11.8 Å². The molecule has 9 heteroatoms. The van der Waals surface area contributed by atoms with Gasteiger partial charge in [-0.25, -0.2) is 0 Å². The fourth-order valence-corrected chi connectivity index (χ4v) is 5.11. The highest BCUT2D eigenvalue weighted by Crippen LogP contribution is 2.22. The van der Waals surface area contributed by atoms with Crippen molar-refractivity contribution < 1.29 is 9.32 Å². The topological polar surface area (TPSA) is 71.3 Å². The third kappa shape index (κ3) is 7.47. The highest BCUT2D eigenvalue weighted by Gasteiger charge is 2.26. The molecule has 34 heavy (non-hydrogen) atoms. The van der Waals surface area contributed by atoms with Gasteiger partial charge in [-0.3, -0.25) is 9.69 Å². The molecule has 0 bridgehead atoms. The average molecular weight is 519 g/mol. The summed E-state index contributed by atoms with van der Waals surface area (Å²) in [5.41, 5.74) is 2.13. The number of rotatable bonds is 10. The Morgan fingerprint density at radius 3 is 2.62 bits per heavy atom. The molecule has 1 atom stereocenters. The van der Waals surface area contributed by atoms with Crippen LogP contribution >= 0.6 is 35.0 Å². The van der Waals surface area contributed by atoms with E-state index < -0.39 is 0 Å². The maximum Gasteiger partial charge on any atom is 0.241 e. The molecular weight excluding hydrogens is 491 g/mol. The van der Waals surface area contributed by atoms with Crippen LogP contribution in [0.5, 0.6) is 0 Å². The Kier molecular flexibility index (Phi) is 9.27. The first-order valence-electron chi connectivity index (χ1n) is 11.5. The fraction of sp³-hybridized carbons (Fsp3) is 0.400. The maximum absolute atomic E-state index is 12.7. The van der Waals surface area contributed by atoms with Crippen molar-refractivity contribution in [1.29, 1.82) is 0 Å². The molecule has 0 aliphatic carbocycles. The van der Waals surface area contributed by atoms with Gasteiger partial charge in [-0.05, 0) is 73.5 Å². The van der Waals surface area contributed by atoms with Crippen LogP contribution in [-0.2, 0) is 17.1 Å². The molecule has 2 heterocycles. The Morgan fingerprint density at radius 1 is 1.12 bits per heavy atom. The smallest absolute Gasteiger partial charge is 0.241 e. The highest BCUT2D eigenvalue weighted by molar-refractivity contribution is 7.98. The van der Waals surface area contributed by atoms with Crippen LogP contribution in [0.25, 0.3) is 11.4 Å². The molecule has 180 valence electrons. The quantitative estimate of drug-likeness (QED) is 0.347. The van der Waals surface area contributed by atoms with E-state index in [2.05, 4.69) is 32.5 Å². The van der Waals surface area contributed by atoms with Gasteiger partial charge in [-0.2, -0.15) is 16.7 Å². The second kappa shape index (κ2) is 12.6. The summed E-state index contributed by atoms with van der Waals surface area (Å²) < 4.78 is 5.44. The molecule has 1 aliphatic heterocycles. The number of hydrogen-bond donors (Lipinski definition) is 1. The minimum Gasteiger partial charge on any atom is -0.356 e. The van der Waals surface area contributed by atoms with E-state index in [0.717, 1.165) is 47.9 Å². The second-order valence-electron chi connectivity index (χ2n) is 8.42. The molecule has 4 rings (SSSR count). The Bertz CT molecular complexity index is 1060. The van der Waals surface area contributed by atoms with E-state index >= 15 is 0 Å². The molecule has 1 fully saturated rings. The highest BCUT2D eigenvalue weighted by atomic mass is 35.5. The molecular formula is C25H28Cl2N4O2S.